The molecule has 6 heteroatoms. The fourth-order valence-corrected chi connectivity index (χ4v) is 3.23. The van der Waals surface area contributed by atoms with Gasteiger partial charge in [-0.2, -0.15) is 0 Å². The number of imidazole rings is 1. The van der Waals surface area contributed by atoms with E-state index in [1.165, 1.54) is 12.1 Å². The molecule has 27 heavy (non-hydrogen) atoms. The third-order valence-electron chi connectivity index (χ3n) is 4.62. The number of carbonyl (C=O) groups excluding carboxylic acids is 1. The van der Waals surface area contributed by atoms with Crippen LogP contribution in [0.3, 0.4) is 0 Å². The summed E-state index contributed by atoms with van der Waals surface area (Å²) >= 11 is 0. The van der Waals surface area contributed by atoms with Crippen LogP contribution >= 0.6 is 0 Å². The number of nitrogens with zero attached hydrogens (tertiary/aromatic N) is 2. The summed E-state index contributed by atoms with van der Waals surface area (Å²) in [6, 6.07) is 13.0. The van der Waals surface area contributed by atoms with Crippen LogP contribution < -0.4 is 5.32 Å². The van der Waals surface area contributed by atoms with E-state index < -0.39 is 6.04 Å². The number of aromatic nitrogens is 2. The van der Waals surface area contributed by atoms with Crippen molar-refractivity contribution in [3.05, 3.63) is 89.5 Å². The van der Waals surface area contributed by atoms with Crippen molar-refractivity contribution < 1.29 is 13.6 Å². The van der Waals surface area contributed by atoms with Crippen LogP contribution in [0.25, 0.3) is 11.0 Å². The standard InChI is InChI=1S/C21H18FN3O2/c1-13-16-8-3-4-9-17(16)27-19(13)21(26)24-18(20-23-10-11-25(20)2)14-6-5-7-15(22)12-14/h3-12,18H,1-2H3,(H,24,26)/t18-/m0/s1. The van der Waals surface area contributed by atoms with Gasteiger partial charge in [-0.25, -0.2) is 9.37 Å². The zero-order valence-corrected chi connectivity index (χ0v) is 14.9. The quantitative estimate of drug-likeness (QED) is 0.593. The topological polar surface area (TPSA) is 60.1 Å². The van der Waals surface area contributed by atoms with Crippen molar-refractivity contribution in [2.45, 2.75) is 13.0 Å². The van der Waals surface area contributed by atoms with Gasteiger partial charge in [0.2, 0.25) is 0 Å². The van der Waals surface area contributed by atoms with Crippen LogP contribution in [0.15, 0.2) is 65.3 Å². The first kappa shape index (κ1) is 17.0. The number of rotatable bonds is 4. The first-order valence-corrected chi connectivity index (χ1v) is 8.56. The zero-order chi connectivity index (χ0) is 19.0. The highest BCUT2D eigenvalue weighted by Gasteiger charge is 2.25. The van der Waals surface area contributed by atoms with E-state index in [9.17, 15) is 9.18 Å². The molecule has 0 saturated heterocycles. The molecule has 0 aliphatic heterocycles. The van der Waals surface area contributed by atoms with E-state index in [0.717, 1.165) is 10.9 Å². The Kier molecular flexibility index (Phi) is 4.24. The maximum Gasteiger partial charge on any atom is 0.288 e. The molecule has 2 aromatic carbocycles. The van der Waals surface area contributed by atoms with Gasteiger partial charge in [-0.1, -0.05) is 30.3 Å². The van der Waals surface area contributed by atoms with Crippen molar-refractivity contribution in [3.63, 3.8) is 0 Å². The lowest BCUT2D eigenvalue weighted by Crippen LogP contribution is -2.31. The fourth-order valence-electron chi connectivity index (χ4n) is 3.23. The van der Waals surface area contributed by atoms with E-state index in [0.29, 0.717) is 17.0 Å². The second kappa shape index (κ2) is 6.72. The highest BCUT2D eigenvalue weighted by molar-refractivity contribution is 5.99. The zero-order valence-electron chi connectivity index (χ0n) is 14.9. The number of aryl methyl sites for hydroxylation is 2. The van der Waals surface area contributed by atoms with Gasteiger partial charge in [0.15, 0.2) is 5.76 Å². The Hall–Kier alpha value is -3.41. The third-order valence-corrected chi connectivity index (χ3v) is 4.62. The molecule has 0 saturated carbocycles. The molecule has 1 atom stereocenters. The number of halogens is 1. The van der Waals surface area contributed by atoms with Gasteiger partial charge in [0, 0.05) is 30.4 Å². The number of para-hydroxylation sites is 1. The average molecular weight is 363 g/mol. The number of benzene rings is 2. The SMILES string of the molecule is Cc1c(C(=O)N[C@@H](c2cccc(F)c2)c2nccn2C)oc2ccccc12. The maximum atomic E-state index is 13.8. The summed E-state index contributed by atoms with van der Waals surface area (Å²) in [6.45, 7) is 1.85. The molecule has 0 spiro atoms. The van der Waals surface area contributed by atoms with Gasteiger partial charge < -0.3 is 14.3 Å². The highest BCUT2D eigenvalue weighted by Crippen LogP contribution is 2.27. The number of hydrogen-bond acceptors (Lipinski definition) is 3. The Morgan fingerprint density at radius 2 is 2.04 bits per heavy atom. The van der Waals surface area contributed by atoms with Gasteiger partial charge in [-0.3, -0.25) is 4.79 Å². The van der Waals surface area contributed by atoms with E-state index in [4.69, 9.17) is 4.42 Å². The van der Waals surface area contributed by atoms with Crippen LogP contribution in [-0.4, -0.2) is 15.5 Å². The molecule has 0 fully saturated rings. The fraction of sp³-hybridized carbons (Fsp3) is 0.143. The summed E-state index contributed by atoms with van der Waals surface area (Å²) in [4.78, 5) is 17.3. The molecule has 136 valence electrons. The molecule has 1 N–H and O–H groups in total. The van der Waals surface area contributed by atoms with Crippen LogP contribution in [0.5, 0.6) is 0 Å². The number of fused-ring (bicyclic) bond motifs is 1. The number of nitrogens with one attached hydrogen (secondary N) is 1. The van der Waals surface area contributed by atoms with Crippen LogP contribution in [0, 0.1) is 12.7 Å². The number of carbonyl (C=O) groups is 1. The summed E-state index contributed by atoms with van der Waals surface area (Å²) in [5.74, 6) is 0.0939. The van der Waals surface area contributed by atoms with E-state index in [1.54, 1.807) is 29.1 Å². The first-order chi connectivity index (χ1) is 13.0. The molecular weight excluding hydrogens is 345 g/mol. The van der Waals surface area contributed by atoms with Crippen LogP contribution in [0.2, 0.25) is 0 Å². The highest BCUT2D eigenvalue weighted by atomic mass is 19.1. The van der Waals surface area contributed by atoms with Crippen molar-refractivity contribution in [1.29, 1.82) is 0 Å². The largest absolute Gasteiger partial charge is 0.451 e. The van der Waals surface area contributed by atoms with Gasteiger partial charge in [-0.15, -0.1) is 0 Å². The molecule has 1 amide bonds. The molecule has 0 unspecified atom stereocenters. The summed E-state index contributed by atoms with van der Waals surface area (Å²) < 4.78 is 21.3. The molecular formula is C21H18FN3O2. The summed E-state index contributed by atoms with van der Waals surface area (Å²) in [5.41, 5.74) is 2.02. The normalized spacial score (nSPS) is 12.3. The molecule has 0 bridgehead atoms. The van der Waals surface area contributed by atoms with Gasteiger partial charge in [0.25, 0.3) is 5.91 Å². The monoisotopic (exact) mass is 363 g/mol. The van der Waals surface area contributed by atoms with Gasteiger partial charge in [-0.05, 0) is 30.7 Å². The average Bonchev–Trinajstić information content (AvgIpc) is 3.23. The molecule has 0 aliphatic rings. The Morgan fingerprint density at radius 3 is 2.74 bits per heavy atom. The summed E-state index contributed by atoms with van der Waals surface area (Å²) in [7, 11) is 1.83. The van der Waals surface area contributed by atoms with E-state index in [1.807, 2.05) is 38.2 Å². The lowest BCUT2D eigenvalue weighted by atomic mass is 10.1. The molecule has 5 nitrogen and oxygen atoms in total. The number of hydrogen-bond donors (Lipinski definition) is 1. The van der Waals surface area contributed by atoms with Crippen LogP contribution in [0.4, 0.5) is 4.39 Å². The van der Waals surface area contributed by atoms with Crippen molar-refractivity contribution in [2.75, 3.05) is 0 Å². The molecule has 0 aliphatic carbocycles. The molecule has 0 radical (unpaired) electrons. The number of amides is 1. The second-order valence-corrected chi connectivity index (χ2v) is 6.41. The molecule has 2 aromatic heterocycles. The lowest BCUT2D eigenvalue weighted by molar-refractivity contribution is 0.0914. The van der Waals surface area contributed by atoms with Crippen molar-refractivity contribution in [3.8, 4) is 0 Å². The van der Waals surface area contributed by atoms with Crippen molar-refractivity contribution in [2.24, 2.45) is 7.05 Å². The Bertz CT molecular complexity index is 1130. The lowest BCUT2D eigenvalue weighted by Gasteiger charge is -2.19. The molecule has 4 aromatic rings. The van der Waals surface area contributed by atoms with E-state index in [-0.39, 0.29) is 17.5 Å². The Labute approximate surface area is 155 Å². The minimum absolute atomic E-state index is 0.242. The van der Waals surface area contributed by atoms with Crippen molar-refractivity contribution in [1.82, 2.24) is 14.9 Å². The predicted octanol–water partition coefficient (Wildman–Crippen LogP) is 4.13. The predicted molar refractivity (Wildman–Crippen MR) is 99.9 cm³/mol. The summed E-state index contributed by atoms with van der Waals surface area (Å²) in [6.07, 6.45) is 3.42. The van der Waals surface area contributed by atoms with Crippen LogP contribution in [-0.2, 0) is 7.05 Å². The van der Waals surface area contributed by atoms with E-state index in [2.05, 4.69) is 10.3 Å². The van der Waals surface area contributed by atoms with Crippen molar-refractivity contribution >= 4 is 16.9 Å². The van der Waals surface area contributed by atoms with Gasteiger partial charge in [0.1, 0.15) is 23.3 Å². The maximum absolute atomic E-state index is 13.8. The first-order valence-electron chi connectivity index (χ1n) is 8.56. The molecule has 4 rings (SSSR count). The van der Waals surface area contributed by atoms with E-state index >= 15 is 0 Å². The third kappa shape index (κ3) is 3.10. The Morgan fingerprint density at radius 1 is 1.22 bits per heavy atom. The van der Waals surface area contributed by atoms with Gasteiger partial charge >= 0.3 is 0 Å². The smallest absolute Gasteiger partial charge is 0.288 e. The molecule has 2 heterocycles. The number of furan rings is 1. The second-order valence-electron chi connectivity index (χ2n) is 6.41. The Balaban J connectivity index is 1.74. The minimum atomic E-state index is -0.610. The van der Waals surface area contributed by atoms with Crippen LogP contribution in [0.1, 0.15) is 33.5 Å². The van der Waals surface area contributed by atoms with Gasteiger partial charge in [0.05, 0.1) is 0 Å². The summed E-state index contributed by atoms with van der Waals surface area (Å²) in [5, 5.41) is 3.83. The minimum Gasteiger partial charge on any atom is -0.451 e.